The molecule has 1 unspecified atom stereocenters. The third-order valence-electron chi connectivity index (χ3n) is 7.54. The highest BCUT2D eigenvalue weighted by atomic mass is 15.5. The molecule has 4 heterocycles. The number of nitrogens with one attached hydrogen (secondary N) is 1. The van der Waals surface area contributed by atoms with E-state index in [9.17, 15) is 0 Å². The standard InChI is InChI=1S/C31H42N6/c1-19(2)18-37-23(7)21(5)13-29(36-37)25-12-22(6)30(32-16-25)28-11-10-26(34-35-28)14-24-15-31(8,9)33-17-27(24)20(3)4/h10-13,16,18,20,24,27,33H,7,14-15,17H2,1-6,8-9H3/t24?,27-/m1/s1. The van der Waals surface area contributed by atoms with Gasteiger partial charge in [0, 0.05) is 23.5 Å². The Morgan fingerprint density at radius 2 is 1.97 bits per heavy atom. The van der Waals surface area contributed by atoms with Crippen molar-refractivity contribution in [2.24, 2.45) is 22.9 Å². The van der Waals surface area contributed by atoms with Crippen LogP contribution in [0.25, 0.3) is 11.4 Å². The van der Waals surface area contributed by atoms with Crippen LogP contribution in [0.15, 0.2) is 65.2 Å². The monoisotopic (exact) mass is 498 g/mol. The fourth-order valence-electron chi connectivity index (χ4n) is 5.46. The smallest absolute Gasteiger partial charge is 0.112 e. The van der Waals surface area contributed by atoms with E-state index in [0.717, 1.165) is 70.2 Å². The van der Waals surface area contributed by atoms with Gasteiger partial charge in [-0.2, -0.15) is 10.2 Å². The summed E-state index contributed by atoms with van der Waals surface area (Å²) >= 11 is 0. The van der Waals surface area contributed by atoms with Crippen LogP contribution in [0.4, 0.5) is 0 Å². The van der Waals surface area contributed by atoms with Gasteiger partial charge in [-0.3, -0.25) is 4.98 Å². The van der Waals surface area contributed by atoms with Crippen LogP contribution in [0.3, 0.4) is 0 Å². The molecular weight excluding hydrogens is 456 g/mol. The molecule has 2 aliphatic heterocycles. The van der Waals surface area contributed by atoms with E-state index in [1.165, 1.54) is 0 Å². The number of hydrogen-bond donors (Lipinski definition) is 1. The minimum atomic E-state index is 0.165. The molecule has 1 fully saturated rings. The largest absolute Gasteiger partial charge is 0.311 e. The minimum Gasteiger partial charge on any atom is -0.311 e. The molecule has 0 spiro atoms. The first kappa shape index (κ1) is 26.9. The van der Waals surface area contributed by atoms with Crippen molar-refractivity contribution >= 4 is 5.71 Å². The summed E-state index contributed by atoms with van der Waals surface area (Å²) < 4.78 is 0. The Kier molecular flexibility index (Phi) is 7.79. The summed E-state index contributed by atoms with van der Waals surface area (Å²) in [5, 5.41) is 19.6. The van der Waals surface area contributed by atoms with E-state index in [4.69, 9.17) is 10.1 Å². The van der Waals surface area contributed by atoms with Crippen molar-refractivity contribution < 1.29 is 0 Å². The lowest BCUT2D eigenvalue weighted by Crippen LogP contribution is -2.52. The number of aryl methyl sites for hydroxylation is 1. The number of hydrogen-bond acceptors (Lipinski definition) is 6. The number of hydrazone groups is 1. The summed E-state index contributed by atoms with van der Waals surface area (Å²) in [6.07, 6.45) is 8.05. The molecule has 0 saturated carbocycles. The first-order valence-electron chi connectivity index (χ1n) is 13.4. The Balaban J connectivity index is 1.53. The van der Waals surface area contributed by atoms with Crippen LogP contribution in [0.1, 0.15) is 71.7 Å². The van der Waals surface area contributed by atoms with E-state index in [2.05, 4.69) is 102 Å². The fourth-order valence-corrected chi connectivity index (χ4v) is 5.46. The van der Waals surface area contributed by atoms with Gasteiger partial charge in [0.2, 0.25) is 0 Å². The molecular formula is C31H42N6. The Labute approximate surface area is 222 Å². The topological polar surface area (TPSA) is 66.3 Å². The molecule has 0 aliphatic carbocycles. The zero-order chi connectivity index (χ0) is 26.9. The second kappa shape index (κ2) is 10.7. The predicted molar refractivity (Wildman–Crippen MR) is 153 cm³/mol. The lowest BCUT2D eigenvalue weighted by atomic mass is 9.71. The predicted octanol–water partition coefficient (Wildman–Crippen LogP) is 6.45. The Hall–Kier alpha value is -3.12. The zero-order valence-electron chi connectivity index (χ0n) is 23.8. The Bertz CT molecular complexity index is 1240. The van der Waals surface area contributed by atoms with E-state index >= 15 is 0 Å². The summed E-state index contributed by atoms with van der Waals surface area (Å²) in [5.74, 6) is 1.90. The van der Waals surface area contributed by atoms with Crippen molar-refractivity contribution in [2.75, 3.05) is 6.54 Å². The number of aromatic nitrogens is 3. The summed E-state index contributed by atoms with van der Waals surface area (Å²) in [4.78, 5) is 4.78. The van der Waals surface area contributed by atoms with Gasteiger partial charge in [0.05, 0.1) is 22.8 Å². The van der Waals surface area contributed by atoms with Crippen molar-refractivity contribution in [2.45, 2.75) is 73.8 Å². The summed E-state index contributed by atoms with van der Waals surface area (Å²) in [6.45, 7) is 22.7. The van der Waals surface area contributed by atoms with Gasteiger partial charge in [0.15, 0.2) is 0 Å². The molecule has 2 aromatic heterocycles. The molecule has 37 heavy (non-hydrogen) atoms. The highest BCUT2D eigenvalue weighted by Gasteiger charge is 2.36. The summed E-state index contributed by atoms with van der Waals surface area (Å²) in [5.41, 5.74) is 8.90. The van der Waals surface area contributed by atoms with Crippen molar-refractivity contribution in [3.63, 3.8) is 0 Å². The zero-order valence-corrected chi connectivity index (χ0v) is 23.8. The molecule has 0 radical (unpaired) electrons. The molecule has 2 aromatic rings. The van der Waals surface area contributed by atoms with Gasteiger partial charge in [0.25, 0.3) is 0 Å². The van der Waals surface area contributed by atoms with Crippen molar-refractivity contribution in [1.29, 1.82) is 0 Å². The summed E-state index contributed by atoms with van der Waals surface area (Å²) in [7, 11) is 0. The highest BCUT2D eigenvalue weighted by molar-refractivity contribution is 6.10. The molecule has 0 bridgehead atoms. The van der Waals surface area contributed by atoms with E-state index < -0.39 is 0 Å². The lowest BCUT2D eigenvalue weighted by Gasteiger charge is -2.43. The van der Waals surface area contributed by atoms with Crippen LogP contribution < -0.4 is 5.32 Å². The second-order valence-corrected chi connectivity index (χ2v) is 12.0. The molecule has 6 nitrogen and oxygen atoms in total. The number of piperidine rings is 1. The third-order valence-corrected chi connectivity index (χ3v) is 7.54. The van der Waals surface area contributed by atoms with E-state index in [1.54, 1.807) is 0 Å². The first-order chi connectivity index (χ1) is 17.4. The Morgan fingerprint density at radius 1 is 1.22 bits per heavy atom. The highest BCUT2D eigenvalue weighted by Crippen LogP contribution is 2.35. The van der Waals surface area contributed by atoms with E-state index in [1.807, 2.05) is 17.4 Å². The maximum atomic E-state index is 4.79. The van der Waals surface area contributed by atoms with Crippen molar-refractivity contribution in [3.05, 3.63) is 76.9 Å². The van der Waals surface area contributed by atoms with Crippen molar-refractivity contribution in [1.82, 2.24) is 25.5 Å². The van der Waals surface area contributed by atoms with Gasteiger partial charge in [-0.1, -0.05) is 26.0 Å². The van der Waals surface area contributed by atoms with Crippen molar-refractivity contribution in [3.8, 4) is 11.4 Å². The lowest BCUT2D eigenvalue weighted by molar-refractivity contribution is 0.123. The molecule has 0 amide bonds. The van der Waals surface area contributed by atoms with Crippen LogP contribution in [-0.2, 0) is 6.42 Å². The number of allylic oxidation sites excluding steroid dienone is 3. The van der Waals surface area contributed by atoms with Crippen LogP contribution >= 0.6 is 0 Å². The third kappa shape index (κ3) is 6.24. The van der Waals surface area contributed by atoms with Gasteiger partial charge < -0.3 is 5.32 Å². The number of pyridine rings is 1. The molecule has 0 aromatic carbocycles. The first-order valence-corrected chi connectivity index (χ1v) is 13.4. The van der Waals surface area contributed by atoms with Crippen LogP contribution in [-0.4, -0.2) is 38.0 Å². The molecule has 6 heteroatoms. The van der Waals surface area contributed by atoms with Crippen LogP contribution in [0.2, 0.25) is 0 Å². The van der Waals surface area contributed by atoms with E-state index in [-0.39, 0.29) is 5.54 Å². The molecule has 2 aliphatic rings. The molecule has 4 rings (SSSR count). The van der Waals surface area contributed by atoms with Crippen LogP contribution in [0, 0.1) is 24.7 Å². The molecule has 196 valence electrons. The van der Waals surface area contributed by atoms with Gasteiger partial charge in [-0.05, 0) is 114 Å². The SMILES string of the molecule is C=C1C(C)=CC(c2cnc(-c3ccc(CC4CC(C)(C)NC[C@@H]4C(C)C)nn3)c(C)c2)=NN1C=C(C)C. The van der Waals surface area contributed by atoms with Gasteiger partial charge in [0.1, 0.15) is 5.69 Å². The quantitative estimate of drug-likeness (QED) is 0.495. The van der Waals surface area contributed by atoms with Crippen LogP contribution in [0.5, 0.6) is 0 Å². The molecule has 1 N–H and O–H groups in total. The molecule has 1 saturated heterocycles. The fraction of sp³-hybridized carbons (Fsp3) is 0.484. The molecule has 2 atom stereocenters. The van der Waals surface area contributed by atoms with Gasteiger partial charge in [-0.15, -0.1) is 5.10 Å². The van der Waals surface area contributed by atoms with E-state index in [0.29, 0.717) is 17.8 Å². The maximum Gasteiger partial charge on any atom is 0.112 e. The van der Waals surface area contributed by atoms with Gasteiger partial charge in [-0.25, -0.2) is 5.01 Å². The second-order valence-electron chi connectivity index (χ2n) is 12.0. The minimum absolute atomic E-state index is 0.165. The average molecular weight is 499 g/mol. The maximum absolute atomic E-state index is 4.79. The summed E-state index contributed by atoms with van der Waals surface area (Å²) in [6, 6.07) is 6.32. The number of rotatable bonds is 6. The average Bonchev–Trinajstić information content (AvgIpc) is 2.81. The Morgan fingerprint density at radius 3 is 2.59 bits per heavy atom. The normalized spacial score (nSPS) is 21.5. The van der Waals surface area contributed by atoms with Gasteiger partial charge >= 0.3 is 0 Å². The number of nitrogens with zero attached hydrogens (tertiary/aromatic N) is 5.